The summed E-state index contributed by atoms with van der Waals surface area (Å²) in [5.74, 6) is 0.910. The number of rotatable bonds is 10. The minimum Gasteiger partial charge on any atom is -0.463 e. The van der Waals surface area contributed by atoms with Crippen LogP contribution in [0.2, 0.25) is 0 Å². The van der Waals surface area contributed by atoms with E-state index >= 15 is 0 Å². The van der Waals surface area contributed by atoms with Crippen molar-refractivity contribution in [3.05, 3.63) is 23.8 Å². The summed E-state index contributed by atoms with van der Waals surface area (Å²) in [6, 6.07) is 0. The fourth-order valence-corrected chi connectivity index (χ4v) is 2.19. The molecule has 0 aliphatic carbocycles. The molecule has 0 bridgehead atoms. The quantitative estimate of drug-likeness (QED) is 0.337. The van der Waals surface area contributed by atoms with Gasteiger partial charge in [-0.05, 0) is 50.5 Å². The van der Waals surface area contributed by atoms with E-state index < -0.39 is 0 Å². The van der Waals surface area contributed by atoms with Crippen molar-refractivity contribution < 1.29 is 14.3 Å². The summed E-state index contributed by atoms with van der Waals surface area (Å²) in [6.07, 6.45) is 9.27. The molecular weight excluding hydrogens is 264 g/mol. The van der Waals surface area contributed by atoms with E-state index in [1.54, 1.807) is 7.11 Å². The van der Waals surface area contributed by atoms with Crippen LogP contribution in [0, 0.1) is 11.8 Å². The molecule has 0 aromatic carbocycles. The van der Waals surface area contributed by atoms with Gasteiger partial charge in [-0.3, -0.25) is 0 Å². The Morgan fingerprint density at radius 1 is 1.19 bits per heavy atom. The first-order valence-electron chi connectivity index (χ1n) is 7.95. The number of hydrogen-bond acceptors (Lipinski definition) is 3. The predicted octanol–water partition coefficient (Wildman–Crippen LogP) is 4.53. The largest absolute Gasteiger partial charge is 0.463 e. The van der Waals surface area contributed by atoms with Crippen LogP contribution < -0.4 is 0 Å². The van der Waals surface area contributed by atoms with Crippen molar-refractivity contribution in [2.75, 3.05) is 13.7 Å². The van der Waals surface area contributed by atoms with Gasteiger partial charge in [-0.15, -0.1) is 0 Å². The topological polar surface area (TPSA) is 35.5 Å². The van der Waals surface area contributed by atoms with Crippen molar-refractivity contribution in [1.82, 2.24) is 0 Å². The van der Waals surface area contributed by atoms with E-state index in [-0.39, 0.29) is 5.97 Å². The number of hydrogen-bond donors (Lipinski definition) is 0. The predicted molar refractivity (Wildman–Crippen MR) is 88.2 cm³/mol. The molecule has 0 saturated carbocycles. The fourth-order valence-electron chi connectivity index (χ4n) is 2.19. The number of methoxy groups -OCH3 is 1. The lowest BCUT2D eigenvalue weighted by Crippen LogP contribution is -2.18. The lowest BCUT2D eigenvalue weighted by molar-refractivity contribution is -0.137. The summed E-state index contributed by atoms with van der Waals surface area (Å²) in [5.41, 5.74) is 0.928. The molecule has 0 spiro atoms. The van der Waals surface area contributed by atoms with Crippen LogP contribution in [0.1, 0.15) is 53.9 Å². The zero-order valence-corrected chi connectivity index (χ0v) is 14.5. The normalized spacial score (nSPS) is 15.5. The molecule has 122 valence electrons. The highest BCUT2D eigenvalue weighted by atomic mass is 16.5. The first kappa shape index (κ1) is 19.9. The maximum Gasteiger partial charge on any atom is 0.330 e. The Bertz CT molecular complexity index is 342. The van der Waals surface area contributed by atoms with Crippen molar-refractivity contribution in [2.24, 2.45) is 11.8 Å². The van der Waals surface area contributed by atoms with Crippen LogP contribution in [-0.2, 0) is 14.3 Å². The molecule has 21 heavy (non-hydrogen) atoms. The second-order valence-corrected chi connectivity index (χ2v) is 5.98. The van der Waals surface area contributed by atoms with Crippen molar-refractivity contribution in [3.63, 3.8) is 0 Å². The Kier molecular flexibility index (Phi) is 11.0. The highest BCUT2D eigenvalue weighted by Gasteiger charge is 2.13. The van der Waals surface area contributed by atoms with Crippen molar-refractivity contribution in [3.8, 4) is 0 Å². The van der Waals surface area contributed by atoms with Gasteiger partial charge < -0.3 is 9.47 Å². The van der Waals surface area contributed by atoms with E-state index in [9.17, 15) is 4.79 Å². The summed E-state index contributed by atoms with van der Waals surface area (Å²) < 4.78 is 10.4. The molecule has 2 atom stereocenters. The van der Waals surface area contributed by atoms with Crippen LogP contribution in [0.5, 0.6) is 0 Å². The van der Waals surface area contributed by atoms with Crippen LogP contribution >= 0.6 is 0 Å². The Morgan fingerprint density at radius 2 is 1.86 bits per heavy atom. The van der Waals surface area contributed by atoms with Gasteiger partial charge in [0.05, 0.1) is 12.7 Å². The molecule has 2 unspecified atom stereocenters. The number of carbonyl (C=O) groups excluding carboxylic acids is 1. The Hall–Kier alpha value is -1.09. The molecule has 0 saturated heterocycles. The lowest BCUT2D eigenvalue weighted by Gasteiger charge is -2.20. The first-order valence-corrected chi connectivity index (χ1v) is 7.95. The maximum absolute atomic E-state index is 11.3. The molecule has 0 fully saturated rings. The lowest BCUT2D eigenvalue weighted by atomic mass is 9.95. The minimum absolute atomic E-state index is 0.271. The van der Waals surface area contributed by atoms with Crippen LogP contribution in [0.3, 0.4) is 0 Å². The monoisotopic (exact) mass is 296 g/mol. The second kappa shape index (κ2) is 11.6. The minimum atomic E-state index is -0.271. The van der Waals surface area contributed by atoms with Gasteiger partial charge in [0.25, 0.3) is 0 Å². The van der Waals surface area contributed by atoms with Gasteiger partial charge in [-0.25, -0.2) is 4.79 Å². The molecule has 0 amide bonds. The summed E-state index contributed by atoms with van der Waals surface area (Å²) in [6.45, 7) is 10.8. The van der Waals surface area contributed by atoms with Gasteiger partial charge in [0.1, 0.15) is 0 Å². The average Bonchev–Trinajstić information content (AvgIpc) is 2.39. The molecule has 3 heteroatoms. The zero-order chi connectivity index (χ0) is 16.3. The Morgan fingerprint density at radius 3 is 2.38 bits per heavy atom. The fraction of sp³-hybridized carbons (Fsp3) is 0.722. The van der Waals surface area contributed by atoms with Crippen molar-refractivity contribution >= 4 is 5.97 Å². The third-order valence-electron chi connectivity index (χ3n) is 3.54. The molecule has 0 N–H and O–H groups in total. The van der Waals surface area contributed by atoms with Crippen LogP contribution in [0.4, 0.5) is 0 Å². The Balaban J connectivity index is 4.09. The molecule has 0 radical (unpaired) electrons. The van der Waals surface area contributed by atoms with Gasteiger partial charge >= 0.3 is 5.97 Å². The average molecular weight is 296 g/mol. The van der Waals surface area contributed by atoms with Gasteiger partial charge in [-0.2, -0.15) is 0 Å². The van der Waals surface area contributed by atoms with Crippen LogP contribution in [-0.4, -0.2) is 25.8 Å². The maximum atomic E-state index is 11.3. The van der Waals surface area contributed by atoms with E-state index in [2.05, 4.69) is 26.8 Å². The standard InChI is InChI=1S/C18H32O3/c1-7-21-18(19)13-16(5)10-8-9-15(4)11-12-17(20-6)14(2)3/h8,10,13-15,17H,7,9,11-12H2,1-6H3/b10-8+,16-13+. The molecule has 0 aliphatic rings. The van der Waals surface area contributed by atoms with Gasteiger partial charge in [-0.1, -0.05) is 32.9 Å². The molecule has 0 aromatic rings. The third-order valence-corrected chi connectivity index (χ3v) is 3.54. The highest BCUT2D eigenvalue weighted by Crippen LogP contribution is 2.18. The van der Waals surface area contributed by atoms with E-state index in [0.29, 0.717) is 24.5 Å². The van der Waals surface area contributed by atoms with Crippen molar-refractivity contribution in [1.29, 1.82) is 0 Å². The van der Waals surface area contributed by atoms with E-state index in [1.165, 1.54) is 6.08 Å². The number of carbonyl (C=O) groups is 1. The number of esters is 1. The third kappa shape index (κ3) is 10.3. The summed E-state index contributed by atoms with van der Waals surface area (Å²) in [4.78, 5) is 11.3. The summed E-state index contributed by atoms with van der Waals surface area (Å²) in [7, 11) is 1.79. The SMILES string of the molecule is CCOC(=O)/C=C(C)/C=C/CC(C)CCC(OC)C(C)C. The van der Waals surface area contributed by atoms with E-state index in [4.69, 9.17) is 9.47 Å². The summed E-state index contributed by atoms with van der Waals surface area (Å²) >= 11 is 0. The molecule has 0 heterocycles. The van der Waals surface area contributed by atoms with Gasteiger partial charge in [0.15, 0.2) is 0 Å². The molecule has 0 aromatic heterocycles. The van der Waals surface area contributed by atoms with E-state index in [1.807, 2.05) is 19.9 Å². The first-order chi connectivity index (χ1) is 9.90. The van der Waals surface area contributed by atoms with Crippen LogP contribution in [0.15, 0.2) is 23.8 Å². The molecule has 3 nitrogen and oxygen atoms in total. The van der Waals surface area contributed by atoms with E-state index in [0.717, 1.165) is 24.8 Å². The zero-order valence-electron chi connectivity index (χ0n) is 14.5. The second-order valence-electron chi connectivity index (χ2n) is 5.98. The molecular formula is C18H32O3. The van der Waals surface area contributed by atoms with Crippen molar-refractivity contribution in [2.45, 2.75) is 60.0 Å². The number of ether oxygens (including phenoxy) is 2. The number of allylic oxidation sites excluding steroid dienone is 3. The summed E-state index contributed by atoms with van der Waals surface area (Å²) in [5, 5.41) is 0. The van der Waals surface area contributed by atoms with Gasteiger partial charge in [0.2, 0.25) is 0 Å². The smallest absolute Gasteiger partial charge is 0.330 e. The molecule has 0 aliphatic heterocycles. The van der Waals surface area contributed by atoms with Crippen LogP contribution in [0.25, 0.3) is 0 Å². The highest BCUT2D eigenvalue weighted by molar-refractivity contribution is 5.83. The Labute approximate surface area is 130 Å². The molecule has 0 rings (SSSR count). The van der Waals surface area contributed by atoms with Gasteiger partial charge in [0, 0.05) is 13.2 Å².